The predicted octanol–water partition coefficient (Wildman–Crippen LogP) is 2.25. The molecule has 1 heterocycles. The third-order valence-corrected chi connectivity index (χ3v) is 1.80. The van der Waals surface area contributed by atoms with Crippen LogP contribution in [0.25, 0.3) is 0 Å². The fraction of sp³-hybridized carbons (Fsp3) is 0.375. The van der Waals surface area contributed by atoms with E-state index in [1.807, 2.05) is 0 Å². The van der Waals surface area contributed by atoms with Crippen molar-refractivity contribution in [1.82, 2.24) is 10.2 Å². The van der Waals surface area contributed by atoms with E-state index in [9.17, 15) is 4.79 Å². The number of carbonyl (C=O) groups is 1. The topological polar surface area (TPSA) is 75.1 Å². The Morgan fingerprint density at radius 1 is 1.50 bits per heavy atom. The van der Waals surface area contributed by atoms with Crippen LogP contribution in [0.3, 0.4) is 0 Å². The number of carboxylic acid groups (broad SMARTS) is 1. The lowest BCUT2D eigenvalue weighted by Crippen LogP contribution is -2.39. The van der Waals surface area contributed by atoms with Crippen molar-refractivity contribution in [2.24, 2.45) is 0 Å². The standard InChI is InChI=1S/C8H10ClN3O2.2ClH/c1-8(2,7(13)14)11-5-3-6(9)12-10-4-5;;/h3-4H,1-2H3,(H,11,12)(H,13,14);2*1H. The lowest BCUT2D eigenvalue weighted by molar-refractivity contribution is -0.141. The van der Waals surface area contributed by atoms with Crippen molar-refractivity contribution in [1.29, 1.82) is 0 Å². The molecule has 8 heteroatoms. The molecule has 0 spiro atoms. The van der Waals surface area contributed by atoms with Gasteiger partial charge in [0.05, 0.1) is 11.9 Å². The highest BCUT2D eigenvalue weighted by atomic mass is 35.5. The maximum absolute atomic E-state index is 10.8. The number of nitrogens with zero attached hydrogens (tertiary/aromatic N) is 2. The van der Waals surface area contributed by atoms with Crippen LogP contribution in [0.1, 0.15) is 13.8 Å². The zero-order chi connectivity index (χ0) is 10.8. The Kier molecular flexibility index (Phi) is 7.40. The number of anilines is 1. The van der Waals surface area contributed by atoms with Gasteiger partial charge < -0.3 is 10.4 Å². The van der Waals surface area contributed by atoms with Crippen LogP contribution in [0.4, 0.5) is 5.69 Å². The maximum Gasteiger partial charge on any atom is 0.328 e. The van der Waals surface area contributed by atoms with Crippen LogP contribution in [0.5, 0.6) is 0 Å². The zero-order valence-electron chi connectivity index (χ0n) is 8.60. The van der Waals surface area contributed by atoms with E-state index >= 15 is 0 Å². The van der Waals surface area contributed by atoms with E-state index in [-0.39, 0.29) is 30.0 Å². The van der Waals surface area contributed by atoms with Crippen LogP contribution in [0.2, 0.25) is 5.15 Å². The Bertz CT molecular complexity index is 360. The highest BCUT2D eigenvalue weighted by Crippen LogP contribution is 2.16. The number of nitrogens with one attached hydrogen (secondary N) is 1. The molecule has 0 amide bonds. The van der Waals surface area contributed by atoms with E-state index in [0.29, 0.717) is 5.69 Å². The molecule has 0 bridgehead atoms. The number of carboxylic acids is 1. The molecular formula is C8H12Cl3N3O2. The Morgan fingerprint density at radius 3 is 2.50 bits per heavy atom. The van der Waals surface area contributed by atoms with Crippen LogP contribution in [0, 0.1) is 0 Å². The van der Waals surface area contributed by atoms with Gasteiger partial charge in [0, 0.05) is 6.07 Å². The van der Waals surface area contributed by atoms with Gasteiger partial charge >= 0.3 is 5.97 Å². The second kappa shape index (κ2) is 6.73. The highest BCUT2D eigenvalue weighted by molar-refractivity contribution is 6.29. The molecular weight excluding hydrogens is 276 g/mol. The lowest BCUT2D eigenvalue weighted by Gasteiger charge is -2.21. The molecule has 1 aromatic rings. The molecule has 92 valence electrons. The van der Waals surface area contributed by atoms with Crippen LogP contribution in [0.15, 0.2) is 12.3 Å². The molecule has 5 nitrogen and oxygen atoms in total. The first-order chi connectivity index (χ1) is 6.42. The third-order valence-electron chi connectivity index (χ3n) is 1.62. The molecule has 0 fully saturated rings. The molecule has 0 atom stereocenters. The summed E-state index contributed by atoms with van der Waals surface area (Å²) in [5, 5.41) is 19.0. The van der Waals surface area contributed by atoms with Gasteiger partial charge in [0.1, 0.15) is 5.54 Å². The first-order valence-electron chi connectivity index (χ1n) is 3.91. The largest absolute Gasteiger partial charge is 0.480 e. The summed E-state index contributed by atoms with van der Waals surface area (Å²) in [7, 11) is 0. The molecule has 0 aliphatic heterocycles. The van der Waals surface area contributed by atoms with Gasteiger partial charge in [-0.3, -0.25) is 0 Å². The summed E-state index contributed by atoms with van der Waals surface area (Å²) in [4.78, 5) is 10.8. The zero-order valence-corrected chi connectivity index (χ0v) is 11.0. The number of hydrogen-bond donors (Lipinski definition) is 2. The average Bonchev–Trinajstić information content (AvgIpc) is 2.02. The summed E-state index contributed by atoms with van der Waals surface area (Å²) in [5.74, 6) is -0.953. The normalized spacial score (nSPS) is 9.69. The van der Waals surface area contributed by atoms with Crippen molar-refractivity contribution in [3.8, 4) is 0 Å². The Morgan fingerprint density at radius 2 is 2.06 bits per heavy atom. The molecule has 0 aliphatic rings. The fourth-order valence-corrected chi connectivity index (χ4v) is 0.985. The van der Waals surface area contributed by atoms with Crippen molar-refractivity contribution >= 4 is 48.1 Å². The Balaban J connectivity index is 0. The number of hydrogen-bond acceptors (Lipinski definition) is 4. The molecule has 0 aromatic carbocycles. The van der Waals surface area contributed by atoms with Gasteiger partial charge in [0.15, 0.2) is 5.15 Å². The Hall–Kier alpha value is -0.780. The van der Waals surface area contributed by atoms with Gasteiger partial charge in [-0.05, 0) is 13.8 Å². The molecule has 0 saturated carbocycles. The second-order valence-electron chi connectivity index (χ2n) is 3.32. The highest BCUT2D eigenvalue weighted by Gasteiger charge is 2.26. The van der Waals surface area contributed by atoms with Gasteiger partial charge in [0.2, 0.25) is 0 Å². The fourth-order valence-electron chi connectivity index (χ4n) is 0.823. The number of rotatable bonds is 3. The van der Waals surface area contributed by atoms with Crippen LogP contribution < -0.4 is 5.32 Å². The second-order valence-corrected chi connectivity index (χ2v) is 3.71. The van der Waals surface area contributed by atoms with E-state index in [2.05, 4.69) is 15.5 Å². The molecule has 0 unspecified atom stereocenters. The number of halogens is 3. The SMILES string of the molecule is CC(C)(Nc1cnnc(Cl)c1)C(=O)O.Cl.Cl. The van der Waals surface area contributed by atoms with Crippen molar-refractivity contribution in [3.05, 3.63) is 17.4 Å². The molecule has 0 aliphatic carbocycles. The van der Waals surface area contributed by atoms with Gasteiger partial charge in [-0.1, -0.05) is 11.6 Å². The molecule has 16 heavy (non-hydrogen) atoms. The quantitative estimate of drug-likeness (QED) is 0.892. The van der Waals surface area contributed by atoms with Crippen LogP contribution in [-0.2, 0) is 4.79 Å². The molecule has 1 rings (SSSR count). The van der Waals surface area contributed by atoms with Gasteiger partial charge in [0.25, 0.3) is 0 Å². The average molecular weight is 289 g/mol. The van der Waals surface area contributed by atoms with E-state index in [1.165, 1.54) is 12.3 Å². The lowest BCUT2D eigenvalue weighted by atomic mass is 10.1. The van der Waals surface area contributed by atoms with Crippen LogP contribution >= 0.6 is 36.4 Å². The smallest absolute Gasteiger partial charge is 0.328 e. The van der Waals surface area contributed by atoms with Crippen LogP contribution in [-0.4, -0.2) is 26.8 Å². The van der Waals surface area contributed by atoms with Crippen molar-refractivity contribution in [2.45, 2.75) is 19.4 Å². The molecule has 0 saturated heterocycles. The summed E-state index contributed by atoms with van der Waals surface area (Å²) in [6, 6.07) is 1.51. The van der Waals surface area contributed by atoms with E-state index in [4.69, 9.17) is 16.7 Å². The minimum absolute atomic E-state index is 0. The minimum Gasteiger partial charge on any atom is -0.480 e. The maximum atomic E-state index is 10.8. The first-order valence-corrected chi connectivity index (χ1v) is 4.29. The van der Waals surface area contributed by atoms with E-state index < -0.39 is 11.5 Å². The van der Waals surface area contributed by atoms with Crippen molar-refractivity contribution in [3.63, 3.8) is 0 Å². The third kappa shape index (κ3) is 4.83. The monoisotopic (exact) mass is 287 g/mol. The first kappa shape index (κ1) is 17.6. The van der Waals surface area contributed by atoms with Crippen molar-refractivity contribution in [2.75, 3.05) is 5.32 Å². The summed E-state index contributed by atoms with van der Waals surface area (Å²) in [6.45, 7) is 3.09. The summed E-state index contributed by atoms with van der Waals surface area (Å²) in [6.07, 6.45) is 1.41. The van der Waals surface area contributed by atoms with Gasteiger partial charge in [-0.15, -0.1) is 29.9 Å². The molecule has 0 radical (unpaired) electrons. The van der Waals surface area contributed by atoms with E-state index in [1.54, 1.807) is 13.8 Å². The molecule has 2 N–H and O–H groups in total. The van der Waals surface area contributed by atoms with Gasteiger partial charge in [-0.25, -0.2) is 4.79 Å². The Labute approximate surface area is 110 Å². The van der Waals surface area contributed by atoms with Crippen molar-refractivity contribution < 1.29 is 9.90 Å². The number of aromatic nitrogens is 2. The van der Waals surface area contributed by atoms with Gasteiger partial charge in [-0.2, -0.15) is 5.10 Å². The number of aliphatic carboxylic acids is 1. The predicted molar refractivity (Wildman–Crippen MR) is 66.9 cm³/mol. The summed E-state index contributed by atoms with van der Waals surface area (Å²) >= 11 is 5.59. The molecule has 1 aromatic heterocycles. The van der Waals surface area contributed by atoms with E-state index in [0.717, 1.165) is 0 Å². The summed E-state index contributed by atoms with van der Waals surface area (Å²) < 4.78 is 0. The minimum atomic E-state index is -1.06. The summed E-state index contributed by atoms with van der Waals surface area (Å²) in [5.41, 5.74) is -0.538.